The van der Waals surface area contributed by atoms with Gasteiger partial charge in [0.05, 0.1) is 0 Å². The molecule has 0 aromatic rings. The van der Waals surface area contributed by atoms with E-state index in [-0.39, 0.29) is 17.9 Å². The maximum Gasteiger partial charge on any atom is 0.0142 e. The second-order valence-corrected chi connectivity index (χ2v) is 4.13. The van der Waals surface area contributed by atoms with E-state index in [9.17, 15) is 0 Å². The molecule has 11 heavy (non-hydrogen) atoms. The summed E-state index contributed by atoms with van der Waals surface area (Å²) in [6.07, 6.45) is 2.21. The fraction of sp³-hybridized carbons (Fsp3) is 1.00. The molecular weight excluding hydrogens is 160 g/mol. The Labute approximate surface area is 75.3 Å². The van der Waals surface area contributed by atoms with Crippen molar-refractivity contribution >= 4 is 12.4 Å². The summed E-state index contributed by atoms with van der Waals surface area (Å²) >= 11 is 0. The third-order valence-corrected chi connectivity index (χ3v) is 2.07. The Hall–Kier alpha value is 0.210. The van der Waals surface area contributed by atoms with Crippen LogP contribution in [0.15, 0.2) is 0 Å². The smallest absolute Gasteiger partial charge is 0.0142 e. The molecule has 0 bridgehead atoms. The van der Waals surface area contributed by atoms with Crippen LogP contribution < -0.4 is 11.1 Å². The highest BCUT2D eigenvalue weighted by Gasteiger charge is 2.28. The van der Waals surface area contributed by atoms with E-state index in [2.05, 4.69) is 26.1 Å². The van der Waals surface area contributed by atoms with Crippen molar-refractivity contribution < 1.29 is 0 Å². The minimum absolute atomic E-state index is 0. The number of nitrogens with one attached hydrogen (secondary N) is 1. The number of hydrogen-bond acceptors (Lipinski definition) is 2. The maximum atomic E-state index is 5.86. The summed E-state index contributed by atoms with van der Waals surface area (Å²) in [4.78, 5) is 0. The van der Waals surface area contributed by atoms with Crippen LogP contribution in [-0.2, 0) is 0 Å². The monoisotopic (exact) mass is 178 g/mol. The van der Waals surface area contributed by atoms with E-state index in [1.54, 1.807) is 0 Å². The van der Waals surface area contributed by atoms with Gasteiger partial charge in [0.15, 0.2) is 0 Å². The molecule has 0 amide bonds. The molecule has 2 atom stereocenters. The minimum atomic E-state index is 0. The lowest BCUT2D eigenvalue weighted by Crippen LogP contribution is -2.54. The van der Waals surface area contributed by atoms with E-state index in [4.69, 9.17) is 5.73 Å². The molecule has 1 heterocycles. The summed E-state index contributed by atoms with van der Waals surface area (Å²) < 4.78 is 0. The lowest BCUT2D eigenvalue weighted by Gasteiger charge is -2.38. The zero-order valence-electron chi connectivity index (χ0n) is 7.55. The number of rotatable bonds is 0. The number of piperidine rings is 1. The van der Waals surface area contributed by atoms with Crippen molar-refractivity contribution in [1.29, 1.82) is 0 Å². The van der Waals surface area contributed by atoms with Gasteiger partial charge in [-0.05, 0) is 33.6 Å². The molecule has 0 saturated carbocycles. The highest BCUT2D eigenvalue weighted by Crippen LogP contribution is 2.20. The van der Waals surface area contributed by atoms with Crippen LogP contribution in [0.1, 0.15) is 33.6 Å². The van der Waals surface area contributed by atoms with Crippen LogP contribution >= 0.6 is 12.4 Å². The summed E-state index contributed by atoms with van der Waals surface area (Å²) in [5.74, 6) is 0. The topological polar surface area (TPSA) is 38.0 Å². The number of nitrogens with two attached hydrogens (primary N) is 1. The van der Waals surface area contributed by atoms with Crippen molar-refractivity contribution in [2.24, 2.45) is 5.73 Å². The fourth-order valence-corrected chi connectivity index (χ4v) is 1.98. The van der Waals surface area contributed by atoms with Gasteiger partial charge < -0.3 is 11.1 Å². The average molecular weight is 179 g/mol. The van der Waals surface area contributed by atoms with E-state index in [0.29, 0.717) is 12.1 Å². The van der Waals surface area contributed by atoms with E-state index in [1.165, 1.54) is 0 Å². The minimum Gasteiger partial charge on any atom is -0.328 e. The van der Waals surface area contributed by atoms with Gasteiger partial charge in [-0.25, -0.2) is 0 Å². The van der Waals surface area contributed by atoms with E-state index < -0.39 is 0 Å². The van der Waals surface area contributed by atoms with Crippen molar-refractivity contribution in [2.75, 3.05) is 0 Å². The Morgan fingerprint density at radius 1 is 1.45 bits per heavy atom. The molecule has 1 fully saturated rings. The van der Waals surface area contributed by atoms with Gasteiger partial charge in [-0.1, -0.05) is 0 Å². The second-order valence-electron chi connectivity index (χ2n) is 4.13. The van der Waals surface area contributed by atoms with Crippen LogP contribution in [0.3, 0.4) is 0 Å². The number of halogens is 1. The fourth-order valence-electron chi connectivity index (χ4n) is 1.98. The van der Waals surface area contributed by atoms with E-state index in [0.717, 1.165) is 12.8 Å². The number of hydrogen-bond donors (Lipinski definition) is 2. The zero-order chi connectivity index (χ0) is 7.78. The first-order valence-corrected chi connectivity index (χ1v) is 4.03. The molecule has 0 aliphatic carbocycles. The predicted molar refractivity (Wildman–Crippen MR) is 51.1 cm³/mol. The first-order chi connectivity index (χ1) is 4.49. The molecule has 2 unspecified atom stereocenters. The molecule has 68 valence electrons. The van der Waals surface area contributed by atoms with Gasteiger partial charge in [0.2, 0.25) is 0 Å². The summed E-state index contributed by atoms with van der Waals surface area (Å²) in [7, 11) is 0. The van der Waals surface area contributed by atoms with Crippen molar-refractivity contribution in [1.82, 2.24) is 5.32 Å². The quantitative estimate of drug-likeness (QED) is 0.587. The molecule has 1 aliphatic rings. The van der Waals surface area contributed by atoms with Crippen LogP contribution in [0, 0.1) is 0 Å². The van der Waals surface area contributed by atoms with Crippen molar-refractivity contribution in [3.63, 3.8) is 0 Å². The molecule has 1 saturated heterocycles. The van der Waals surface area contributed by atoms with Crippen LogP contribution in [0.2, 0.25) is 0 Å². The van der Waals surface area contributed by atoms with Gasteiger partial charge in [-0.2, -0.15) is 0 Å². The lowest BCUT2D eigenvalue weighted by molar-refractivity contribution is 0.230. The Kier molecular flexibility index (Phi) is 3.82. The van der Waals surface area contributed by atoms with Crippen LogP contribution in [0.5, 0.6) is 0 Å². The van der Waals surface area contributed by atoms with Gasteiger partial charge in [0.1, 0.15) is 0 Å². The summed E-state index contributed by atoms with van der Waals surface area (Å²) in [6.45, 7) is 6.62. The maximum absolute atomic E-state index is 5.86. The third kappa shape index (κ3) is 3.41. The molecule has 0 aromatic heterocycles. The highest BCUT2D eigenvalue weighted by atomic mass is 35.5. The molecule has 0 spiro atoms. The lowest BCUT2D eigenvalue weighted by atomic mass is 9.87. The van der Waals surface area contributed by atoms with Crippen LogP contribution in [-0.4, -0.2) is 17.6 Å². The van der Waals surface area contributed by atoms with Gasteiger partial charge in [-0.15, -0.1) is 12.4 Å². The zero-order valence-corrected chi connectivity index (χ0v) is 8.37. The first-order valence-electron chi connectivity index (χ1n) is 4.03. The Balaban J connectivity index is 0.000001000. The normalized spacial score (nSPS) is 36.0. The Bertz CT molecular complexity index is 113. The Morgan fingerprint density at radius 3 is 2.36 bits per heavy atom. The molecule has 1 rings (SSSR count). The molecule has 2 nitrogen and oxygen atoms in total. The van der Waals surface area contributed by atoms with E-state index >= 15 is 0 Å². The second kappa shape index (κ2) is 3.74. The van der Waals surface area contributed by atoms with Gasteiger partial charge >= 0.3 is 0 Å². The largest absolute Gasteiger partial charge is 0.328 e. The molecule has 1 aliphatic heterocycles. The Morgan fingerprint density at radius 2 is 2.00 bits per heavy atom. The SMILES string of the molecule is CC1CC(N)CC(C)(C)N1.Cl. The molecule has 3 heteroatoms. The molecule has 0 aromatic carbocycles. The average Bonchev–Trinajstić information content (AvgIpc) is 1.54. The highest BCUT2D eigenvalue weighted by molar-refractivity contribution is 5.85. The van der Waals surface area contributed by atoms with Crippen molar-refractivity contribution in [2.45, 2.75) is 51.2 Å². The van der Waals surface area contributed by atoms with Gasteiger partial charge in [0.25, 0.3) is 0 Å². The van der Waals surface area contributed by atoms with Gasteiger partial charge in [-0.3, -0.25) is 0 Å². The van der Waals surface area contributed by atoms with Crippen molar-refractivity contribution in [3.8, 4) is 0 Å². The van der Waals surface area contributed by atoms with Crippen LogP contribution in [0.4, 0.5) is 0 Å². The van der Waals surface area contributed by atoms with Gasteiger partial charge in [0, 0.05) is 17.6 Å². The summed E-state index contributed by atoms with van der Waals surface area (Å²) in [6, 6.07) is 0.977. The van der Waals surface area contributed by atoms with E-state index in [1.807, 2.05) is 0 Å². The van der Waals surface area contributed by atoms with Crippen LogP contribution in [0.25, 0.3) is 0 Å². The predicted octanol–water partition coefficient (Wildman–Crippen LogP) is 1.29. The van der Waals surface area contributed by atoms with Crippen molar-refractivity contribution in [3.05, 3.63) is 0 Å². The summed E-state index contributed by atoms with van der Waals surface area (Å²) in [5, 5.41) is 3.51. The standard InChI is InChI=1S/C8H18N2.ClH/c1-6-4-7(9)5-8(2,3)10-6;/h6-7,10H,4-5,9H2,1-3H3;1H. The molecule has 0 radical (unpaired) electrons. The third-order valence-electron chi connectivity index (χ3n) is 2.07. The summed E-state index contributed by atoms with van der Waals surface area (Å²) in [5.41, 5.74) is 6.11. The molecular formula is C8H19ClN2. The molecule has 3 N–H and O–H groups in total. The first kappa shape index (κ1) is 11.2.